The number of nitrogens with one attached hydrogen (secondary N) is 2. The number of hydrogen-bond donors (Lipinski definition) is 2. The lowest BCUT2D eigenvalue weighted by molar-refractivity contribution is -0.132. The molecule has 3 aromatic carbocycles. The van der Waals surface area contributed by atoms with Gasteiger partial charge < -0.3 is 19.5 Å². The van der Waals surface area contributed by atoms with Gasteiger partial charge in [-0.15, -0.1) is 0 Å². The van der Waals surface area contributed by atoms with E-state index in [1.807, 2.05) is 37.3 Å². The van der Waals surface area contributed by atoms with Crippen LogP contribution in [-0.2, 0) is 16.0 Å². The van der Waals surface area contributed by atoms with Gasteiger partial charge in [0.15, 0.2) is 17.6 Å². The molecule has 2 amide bonds. The summed E-state index contributed by atoms with van der Waals surface area (Å²) in [5.41, 5.74) is 4.03. The van der Waals surface area contributed by atoms with E-state index in [0.29, 0.717) is 38.9 Å². The number of hydrogen-bond acceptors (Lipinski definition) is 6. The van der Waals surface area contributed by atoms with E-state index >= 15 is 0 Å². The third-order valence-electron chi connectivity index (χ3n) is 5.41. The van der Waals surface area contributed by atoms with Crippen molar-refractivity contribution in [2.24, 2.45) is 5.10 Å². The number of carbonyl (C=O) groups is 2. The van der Waals surface area contributed by atoms with Crippen LogP contribution in [0.15, 0.2) is 70.2 Å². The molecule has 3 rings (SSSR count). The second-order valence-corrected chi connectivity index (χ2v) is 9.99. The van der Waals surface area contributed by atoms with Crippen molar-refractivity contribution in [3.05, 3.63) is 86.3 Å². The van der Waals surface area contributed by atoms with E-state index < -0.39 is 24.0 Å². The van der Waals surface area contributed by atoms with Crippen LogP contribution in [-0.4, -0.2) is 43.9 Å². The molecule has 0 aliphatic heterocycles. The molecule has 0 aromatic heterocycles. The van der Waals surface area contributed by atoms with Crippen LogP contribution in [0.5, 0.6) is 17.2 Å². The molecule has 2 atom stereocenters. The molecule has 39 heavy (non-hydrogen) atoms. The average molecular weight is 637 g/mol. The average Bonchev–Trinajstić information content (AvgIpc) is 2.90. The van der Waals surface area contributed by atoms with Gasteiger partial charge in [0.1, 0.15) is 11.8 Å². The van der Waals surface area contributed by atoms with Crippen molar-refractivity contribution in [2.45, 2.75) is 32.4 Å². The van der Waals surface area contributed by atoms with Gasteiger partial charge in [0.05, 0.1) is 29.4 Å². The first-order valence-corrected chi connectivity index (χ1v) is 13.6. The Kier molecular flexibility index (Phi) is 11.5. The summed E-state index contributed by atoms with van der Waals surface area (Å²) in [6.07, 6.45) is 0.775. The number of hydrazone groups is 1. The molecule has 8 nitrogen and oxygen atoms in total. The van der Waals surface area contributed by atoms with Gasteiger partial charge in [-0.3, -0.25) is 9.59 Å². The van der Waals surface area contributed by atoms with Crippen LogP contribution in [0.4, 0.5) is 0 Å². The topological polar surface area (TPSA) is 98.2 Å². The minimum Gasteiger partial charge on any atom is -0.492 e. The van der Waals surface area contributed by atoms with Crippen molar-refractivity contribution in [1.29, 1.82) is 0 Å². The number of amides is 2. The Morgan fingerprint density at radius 2 is 1.79 bits per heavy atom. The number of nitrogens with zero attached hydrogens (tertiary/aromatic N) is 1. The molecule has 0 heterocycles. The fraction of sp³-hybridized carbons (Fsp3) is 0.250. The highest BCUT2D eigenvalue weighted by Gasteiger charge is 2.25. The van der Waals surface area contributed by atoms with Gasteiger partial charge in [-0.1, -0.05) is 53.5 Å². The zero-order valence-corrected chi connectivity index (χ0v) is 24.6. The Morgan fingerprint density at radius 1 is 1.05 bits per heavy atom. The largest absolute Gasteiger partial charge is 0.492 e. The molecule has 0 fully saturated rings. The van der Waals surface area contributed by atoms with E-state index in [1.54, 1.807) is 38.3 Å². The molecular formula is C28H28BrCl2N3O5. The molecule has 11 heteroatoms. The monoisotopic (exact) mass is 635 g/mol. The van der Waals surface area contributed by atoms with Crippen LogP contribution < -0.4 is 25.0 Å². The van der Waals surface area contributed by atoms with Crippen molar-refractivity contribution in [3.63, 3.8) is 0 Å². The van der Waals surface area contributed by atoms with Crippen LogP contribution in [0.2, 0.25) is 10.0 Å². The van der Waals surface area contributed by atoms with Gasteiger partial charge in [0.2, 0.25) is 0 Å². The fourth-order valence-corrected chi connectivity index (χ4v) is 4.61. The summed E-state index contributed by atoms with van der Waals surface area (Å²) in [6, 6.07) is 16.6. The van der Waals surface area contributed by atoms with Crippen LogP contribution in [0.1, 0.15) is 25.0 Å². The SMILES string of the molecule is CCOc1cc(/C=N\NC(=O)[C@@H](Cc2ccccc2)NC(=O)[C@@H](C)Oc2ccc(Cl)cc2Cl)cc(Br)c1OC. The maximum Gasteiger partial charge on any atom is 0.262 e. The third-order valence-corrected chi connectivity index (χ3v) is 6.53. The first kappa shape index (κ1) is 30.3. The van der Waals surface area contributed by atoms with Gasteiger partial charge in [-0.25, -0.2) is 5.43 Å². The quantitative estimate of drug-likeness (QED) is 0.193. The highest BCUT2D eigenvalue weighted by atomic mass is 79.9. The summed E-state index contributed by atoms with van der Waals surface area (Å²) >= 11 is 15.5. The number of carbonyl (C=O) groups excluding carboxylic acids is 2. The zero-order valence-electron chi connectivity index (χ0n) is 21.5. The number of halogens is 3. The predicted octanol–water partition coefficient (Wildman–Crippen LogP) is 5.81. The molecule has 0 spiro atoms. The Balaban J connectivity index is 1.73. The predicted molar refractivity (Wildman–Crippen MR) is 156 cm³/mol. The lowest BCUT2D eigenvalue weighted by Gasteiger charge is -2.21. The van der Waals surface area contributed by atoms with Gasteiger partial charge in [-0.05, 0) is 71.2 Å². The van der Waals surface area contributed by atoms with E-state index in [2.05, 4.69) is 31.8 Å². The van der Waals surface area contributed by atoms with E-state index in [1.165, 1.54) is 12.3 Å². The first-order chi connectivity index (χ1) is 18.7. The lowest BCUT2D eigenvalue weighted by atomic mass is 10.1. The van der Waals surface area contributed by atoms with Gasteiger partial charge >= 0.3 is 0 Å². The van der Waals surface area contributed by atoms with Crippen LogP contribution >= 0.6 is 39.1 Å². The van der Waals surface area contributed by atoms with Gasteiger partial charge in [0, 0.05) is 11.4 Å². The first-order valence-electron chi connectivity index (χ1n) is 12.0. The second-order valence-electron chi connectivity index (χ2n) is 8.29. The molecule has 0 unspecified atom stereocenters. The number of ether oxygens (including phenoxy) is 3. The summed E-state index contributed by atoms with van der Waals surface area (Å²) in [7, 11) is 1.55. The second kappa shape index (κ2) is 14.8. The molecule has 0 radical (unpaired) electrons. The highest BCUT2D eigenvalue weighted by Crippen LogP contribution is 2.36. The van der Waals surface area contributed by atoms with Crippen molar-refractivity contribution < 1.29 is 23.8 Å². The summed E-state index contributed by atoms with van der Waals surface area (Å²) in [6.45, 7) is 3.88. The molecule has 0 bridgehead atoms. The minimum atomic E-state index is -0.938. The van der Waals surface area contributed by atoms with Gasteiger partial charge in [-0.2, -0.15) is 5.10 Å². The lowest BCUT2D eigenvalue weighted by Crippen LogP contribution is -2.50. The van der Waals surface area contributed by atoms with Crippen molar-refractivity contribution >= 4 is 57.2 Å². The molecule has 2 N–H and O–H groups in total. The summed E-state index contributed by atoms with van der Waals surface area (Å²) in [4.78, 5) is 26.1. The van der Waals surface area contributed by atoms with E-state index in [0.717, 1.165) is 5.56 Å². The minimum absolute atomic E-state index is 0.241. The van der Waals surface area contributed by atoms with Crippen LogP contribution in [0, 0.1) is 0 Å². The normalized spacial score (nSPS) is 12.5. The van der Waals surface area contributed by atoms with E-state index in [9.17, 15) is 9.59 Å². The molecular weight excluding hydrogens is 609 g/mol. The summed E-state index contributed by atoms with van der Waals surface area (Å²) < 4.78 is 17.4. The molecule has 0 saturated heterocycles. The Bertz CT molecular complexity index is 1320. The molecule has 0 saturated carbocycles. The third kappa shape index (κ3) is 8.88. The fourth-order valence-electron chi connectivity index (χ4n) is 3.53. The number of methoxy groups -OCH3 is 1. The molecule has 0 aliphatic carbocycles. The maximum atomic E-state index is 13.1. The number of benzene rings is 3. The Hall–Kier alpha value is -3.27. The summed E-state index contributed by atoms with van der Waals surface area (Å²) in [5, 5.41) is 7.56. The Morgan fingerprint density at radius 3 is 2.46 bits per heavy atom. The molecule has 206 valence electrons. The van der Waals surface area contributed by atoms with E-state index in [-0.39, 0.29) is 11.4 Å². The highest BCUT2D eigenvalue weighted by molar-refractivity contribution is 9.10. The zero-order chi connectivity index (χ0) is 28.4. The summed E-state index contributed by atoms with van der Waals surface area (Å²) in [5.74, 6) is 0.389. The van der Waals surface area contributed by atoms with Crippen LogP contribution in [0.3, 0.4) is 0 Å². The molecule has 3 aromatic rings. The maximum absolute atomic E-state index is 13.1. The standard InChI is InChI=1S/C28H28BrCl2N3O5/c1-4-38-25-14-19(12-21(29)26(25)37-3)16-32-34-28(36)23(13-18-8-6-5-7-9-18)33-27(35)17(2)39-24-11-10-20(30)15-22(24)31/h5-12,14-17,23H,4,13H2,1-3H3,(H,33,35)(H,34,36)/b32-16-/t17-,23-/m1/s1. The van der Waals surface area contributed by atoms with Crippen molar-refractivity contribution in [3.8, 4) is 17.2 Å². The van der Waals surface area contributed by atoms with Crippen molar-refractivity contribution in [1.82, 2.24) is 10.7 Å². The van der Waals surface area contributed by atoms with E-state index in [4.69, 9.17) is 37.4 Å². The van der Waals surface area contributed by atoms with Gasteiger partial charge in [0.25, 0.3) is 11.8 Å². The van der Waals surface area contributed by atoms with Crippen molar-refractivity contribution in [2.75, 3.05) is 13.7 Å². The number of rotatable bonds is 12. The Labute approximate surface area is 245 Å². The molecule has 0 aliphatic rings. The smallest absolute Gasteiger partial charge is 0.262 e. The van der Waals surface area contributed by atoms with Crippen LogP contribution in [0.25, 0.3) is 0 Å².